The lowest BCUT2D eigenvalue weighted by atomic mass is 9.99. The molecule has 2 rings (SSSR count). The van der Waals surface area contributed by atoms with Crippen LogP contribution < -0.4 is 5.23 Å². The van der Waals surface area contributed by atoms with E-state index < -0.39 is 0 Å². The van der Waals surface area contributed by atoms with E-state index in [1.807, 2.05) is 6.82 Å². The maximum absolute atomic E-state index is 13.3. The number of aromatic nitrogens is 1. The van der Waals surface area contributed by atoms with E-state index in [1.165, 1.54) is 17.4 Å². The molecule has 2 nitrogen and oxygen atoms in total. The minimum atomic E-state index is -0.241. The molecule has 0 bridgehead atoms. The fourth-order valence-electron chi connectivity index (χ4n) is 1.14. The highest BCUT2D eigenvalue weighted by Crippen LogP contribution is 2.24. The first-order chi connectivity index (χ1) is 6.31. The molecule has 5 heteroatoms. The number of thiazole rings is 1. The van der Waals surface area contributed by atoms with Crippen LogP contribution in [0.4, 0.5) is 10.1 Å². The predicted molar refractivity (Wildman–Crippen MR) is 54.8 cm³/mol. The molecule has 1 radical (unpaired) electrons. The first-order valence-corrected chi connectivity index (χ1v) is 4.76. The van der Waals surface area contributed by atoms with Crippen molar-refractivity contribution >= 4 is 34.7 Å². The lowest BCUT2D eigenvalue weighted by Gasteiger charge is -2.03. The third-order valence-corrected chi connectivity index (χ3v) is 2.51. The van der Waals surface area contributed by atoms with Crippen LogP contribution in [-0.4, -0.2) is 12.4 Å². The van der Waals surface area contributed by atoms with Crippen molar-refractivity contribution in [3.63, 3.8) is 0 Å². The highest BCUT2D eigenvalue weighted by Gasteiger charge is 2.04. The van der Waals surface area contributed by atoms with Crippen LogP contribution in [-0.2, 0) is 0 Å². The number of nitrogens with one attached hydrogen (secondary N) is 1. The van der Waals surface area contributed by atoms with Crippen molar-refractivity contribution in [2.24, 2.45) is 0 Å². The van der Waals surface area contributed by atoms with Crippen LogP contribution in [0.15, 0.2) is 17.6 Å². The van der Waals surface area contributed by atoms with E-state index in [9.17, 15) is 4.39 Å². The standard InChI is InChI=1S/C8H7BFN2S/c1-9-12-6-3-7-8(2-5(6)10)13-4-11-7/h2-4,12H,1H3. The van der Waals surface area contributed by atoms with E-state index in [0.29, 0.717) is 5.69 Å². The van der Waals surface area contributed by atoms with Gasteiger partial charge in [0, 0.05) is 0 Å². The normalized spacial score (nSPS) is 10.3. The molecule has 0 amide bonds. The first-order valence-electron chi connectivity index (χ1n) is 3.88. The molecule has 1 heterocycles. The molecule has 0 unspecified atom stereocenters. The Morgan fingerprint density at radius 1 is 1.54 bits per heavy atom. The molecule has 2 aromatic rings. The first kappa shape index (κ1) is 8.50. The molecule has 0 fully saturated rings. The molecule has 0 saturated carbocycles. The molecule has 65 valence electrons. The van der Waals surface area contributed by atoms with Crippen molar-refractivity contribution < 1.29 is 4.39 Å². The van der Waals surface area contributed by atoms with Crippen molar-refractivity contribution in [2.45, 2.75) is 6.82 Å². The fraction of sp³-hybridized carbons (Fsp3) is 0.125. The van der Waals surface area contributed by atoms with Crippen LogP contribution in [0.2, 0.25) is 6.82 Å². The van der Waals surface area contributed by atoms with Gasteiger partial charge in [-0.1, -0.05) is 6.82 Å². The molecule has 0 aliphatic rings. The van der Waals surface area contributed by atoms with Gasteiger partial charge in [0.1, 0.15) is 5.82 Å². The smallest absolute Gasteiger partial charge is 0.239 e. The van der Waals surface area contributed by atoms with Crippen LogP contribution in [0, 0.1) is 5.82 Å². The van der Waals surface area contributed by atoms with Gasteiger partial charge >= 0.3 is 0 Å². The second-order valence-electron chi connectivity index (χ2n) is 2.59. The van der Waals surface area contributed by atoms with Gasteiger partial charge in [-0.05, 0) is 12.1 Å². The average Bonchev–Trinajstić information content (AvgIpc) is 2.52. The Balaban J connectivity index is 2.56. The SMILES string of the molecule is C[B]Nc1cc2ncsc2cc1F. The van der Waals surface area contributed by atoms with Crippen LogP contribution in [0.1, 0.15) is 0 Å². The van der Waals surface area contributed by atoms with E-state index in [2.05, 4.69) is 10.2 Å². The van der Waals surface area contributed by atoms with Gasteiger partial charge in [0.15, 0.2) is 0 Å². The number of anilines is 1. The highest BCUT2D eigenvalue weighted by atomic mass is 32.1. The Bertz CT molecular complexity index is 429. The number of halogens is 1. The monoisotopic (exact) mass is 193 g/mol. The summed E-state index contributed by atoms with van der Waals surface area (Å²) in [6, 6.07) is 3.21. The maximum atomic E-state index is 13.3. The van der Waals surface area contributed by atoms with Gasteiger partial charge in [0.2, 0.25) is 7.41 Å². The summed E-state index contributed by atoms with van der Waals surface area (Å²) >= 11 is 1.44. The third kappa shape index (κ3) is 1.51. The van der Waals surface area contributed by atoms with Crippen molar-refractivity contribution in [1.82, 2.24) is 4.98 Å². The summed E-state index contributed by atoms with van der Waals surface area (Å²) in [5, 5.41) is 2.82. The Kier molecular flexibility index (Phi) is 2.18. The number of hydrogen-bond donors (Lipinski definition) is 1. The Hall–Kier alpha value is -1.10. The van der Waals surface area contributed by atoms with Gasteiger partial charge in [-0.3, -0.25) is 0 Å². The quantitative estimate of drug-likeness (QED) is 0.741. The molecule has 13 heavy (non-hydrogen) atoms. The number of nitrogens with zero attached hydrogens (tertiary/aromatic N) is 1. The molecule has 0 saturated heterocycles. The fourth-order valence-corrected chi connectivity index (χ4v) is 1.83. The van der Waals surface area contributed by atoms with Gasteiger partial charge in [-0.2, -0.15) is 0 Å². The average molecular weight is 193 g/mol. The molecule has 0 aliphatic carbocycles. The molecule has 1 N–H and O–H groups in total. The van der Waals surface area contributed by atoms with E-state index in [1.54, 1.807) is 19.0 Å². The van der Waals surface area contributed by atoms with Crippen LogP contribution >= 0.6 is 11.3 Å². The van der Waals surface area contributed by atoms with Crippen molar-refractivity contribution in [3.05, 3.63) is 23.5 Å². The zero-order valence-electron chi connectivity index (χ0n) is 7.04. The maximum Gasteiger partial charge on any atom is 0.239 e. The van der Waals surface area contributed by atoms with Crippen molar-refractivity contribution in [3.8, 4) is 0 Å². The summed E-state index contributed by atoms with van der Waals surface area (Å²) < 4.78 is 14.2. The summed E-state index contributed by atoms with van der Waals surface area (Å²) in [6.45, 7) is 1.81. The van der Waals surface area contributed by atoms with Crippen LogP contribution in [0.3, 0.4) is 0 Å². The topological polar surface area (TPSA) is 24.9 Å². The van der Waals surface area contributed by atoms with E-state index in [4.69, 9.17) is 0 Å². The summed E-state index contributed by atoms with van der Waals surface area (Å²) in [5.41, 5.74) is 3.01. The largest absolute Gasteiger partial charge is 0.430 e. The zero-order valence-corrected chi connectivity index (χ0v) is 7.86. The molecule has 1 aromatic heterocycles. The molecule has 0 spiro atoms. The Morgan fingerprint density at radius 2 is 2.38 bits per heavy atom. The van der Waals surface area contributed by atoms with Gasteiger partial charge in [-0.25, -0.2) is 9.37 Å². The van der Waals surface area contributed by atoms with Crippen LogP contribution in [0.25, 0.3) is 10.2 Å². The minimum Gasteiger partial charge on any atom is -0.430 e. The van der Waals surface area contributed by atoms with E-state index >= 15 is 0 Å². The third-order valence-electron chi connectivity index (χ3n) is 1.72. The van der Waals surface area contributed by atoms with Gasteiger partial charge in [0.25, 0.3) is 0 Å². The summed E-state index contributed by atoms with van der Waals surface area (Å²) in [4.78, 5) is 4.10. The van der Waals surface area contributed by atoms with E-state index in [0.717, 1.165) is 10.2 Å². The number of benzene rings is 1. The minimum absolute atomic E-state index is 0.241. The summed E-state index contributed by atoms with van der Waals surface area (Å²) in [5.74, 6) is -0.241. The second kappa shape index (κ2) is 3.34. The molecular formula is C8H7BFN2S. The Morgan fingerprint density at radius 3 is 3.15 bits per heavy atom. The lowest BCUT2D eigenvalue weighted by Crippen LogP contribution is -2.02. The summed E-state index contributed by atoms with van der Waals surface area (Å²) in [6.07, 6.45) is 0. The van der Waals surface area contributed by atoms with Gasteiger partial charge in [0.05, 0.1) is 21.4 Å². The van der Waals surface area contributed by atoms with Crippen molar-refractivity contribution in [2.75, 3.05) is 5.23 Å². The predicted octanol–water partition coefficient (Wildman–Crippen LogP) is 2.51. The lowest BCUT2D eigenvalue weighted by molar-refractivity contribution is 0.634. The molecule has 0 aliphatic heterocycles. The van der Waals surface area contributed by atoms with E-state index in [-0.39, 0.29) is 5.82 Å². The Labute approximate surface area is 80.1 Å². The number of rotatable bonds is 2. The summed E-state index contributed by atoms with van der Waals surface area (Å²) in [7, 11) is 1.69. The van der Waals surface area contributed by atoms with Crippen molar-refractivity contribution in [1.29, 1.82) is 0 Å². The van der Waals surface area contributed by atoms with Gasteiger partial charge < -0.3 is 5.23 Å². The number of hydrogen-bond acceptors (Lipinski definition) is 3. The molecular weight excluding hydrogens is 186 g/mol. The molecule has 0 atom stereocenters. The molecule has 1 aromatic carbocycles. The second-order valence-corrected chi connectivity index (χ2v) is 3.47. The zero-order chi connectivity index (χ0) is 9.26. The number of fused-ring (bicyclic) bond motifs is 1. The van der Waals surface area contributed by atoms with Gasteiger partial charge in [-0.15, -0.1) is 11.3 Å². The van der Waals surface area contributed by atoms with Crippen LogP contribution in [0.5, 0.6) is 0 Å². The highest BCUT2D eigenvalue weighted by molar-refractivity contribution is 7.16.